The lowest BCUT2D eigenvalue weighted by Crippen LogP contribution is -2.33. The quantitative estimate of drug-likeness (QED) is 0.401. The number of alkyl carbamates (subject to hydrolysis) is 1. The molecule has 0 heterocycles. The van der Waals surface area contributed by atoms with E-state index in [2.05, 4.69) is 10.0 Å². The summed E-state index contributed by atoms with van der Waals surface area (Å²) in [6.45, 7) is 7.36. The average molecular weight is 387 g/mol. The first kappa shape index (κ1) is 21.8. The minimum atomic E-state index is -3.84. The molecule has 0 spiro atoms. The predicted octanol–water partition coefficient (Wildman–Crippen LogP) is 2.49. The summed E-state index contributed by atoms with van der Waals surface area (Å²) in [5.74, 6) is 0. The van der Waals surface area contributed by atoms with Gasteiger partial charge in [0.15, 0.2) is 0 Å². The van der Waals surface area contributed by atoms with E-state index in [1.165, 1.54) is 12.1 Å². The van der Waals surface area contributed by atoms with Gasteiger partial charge in [-0.3, -0.25) is 10.1 Å². The Morgan fingerprint density at radius 2 is 1.85 bits per heavy atom. The van der Waals surface area contributed by atoms with Gasteiger partial charge in [0.2, 0.25) is 10.0 Å². The van der Waals surface area contributed by atoms with E-state index < -0.39 is 26.6 Å². The summed E-state index contributed by atoms with van der Waals surface area (Å²) in [6, 6.07) is 3.70. The van der Waals surface area contributed by atoms with E-state index in [-0.39, 0.29) is 17.1 Å². The first-order chi connectivity index (χ1) is 11.9. The van der Waals surface area contributed by atoms with Crippen LogP contribution in [0.15, 0.2) is 23.1 Å². The number of sulfonamides is 1. The van der Waals surface area contributed by atoms with Gasteiger partial charge in [-0.2, -0.15) is 0 Å². The van der Waals surface area contributed by atoms with Crippen LogP contribution in [-0.2, 0) is 14.8 Å². The maximum Gasteiger partial charge on any atom is 0.407 e. The molecule has 0 bridgehead atoms. The van der Waals surface area contributed by atoms with Crippen molar-refractivity contribution in [2.75, 3.05) is 13.1 Å². The molecule has 1 rings (SSSR count). The minimum absolute atomic E-state index is 0.112. The van der Waals surface area contributed by atoms with Gasteiger partial charge in [0, 0.05) is 25.2 Å². The lowest BCUT2D eigenvalue weighted by atomic mass is 10.2. The Labute approximate surface area is 153 Å². The number of amides is 1. The standard InChI is InChI=1S/C16H25N3O6S/c1-12-7-8-13(19(21)22)11-14(12)26(23,24)18-10-6-5-9-17-15(20)25-16(2,3)4/h7-8,11,18H,5-6,9-10H2,1-4H3,(H,17,20). The van der Waals surface area contributed by atoms with E-state index in [1.807, 2.05) is 0 Å². The van der Waals surface area contributed by atoms with Crippen molar-refractivity contribution in [2.24, 2.45) is 0 Å². The molecule has 10 heteroatoms. The molecule has 0 aliphatic heterocycles. The number of nitro benzene ring substituents is 1. The number of nitro groups is 1. The van der Waals surface area contributed by atoms with Crippen molar-refractivity contribution in [3.8, 4) is 0 Å². The highest BCUT2D eigenvalue weighted by molar-refractivity contribution is 7.89. The Kier molecular flexibility index (Phi) is 7.52. The van der Waals surface area contributed by atoms with Crippen LogP contribution in [-0.4, -0.2) is 38.1 Å². The van der Waals surface area contributed by atoms with Crippen LogP contribution in [0.3, 0.4) is 0 Å². The molecule has 0 unspecified atom stereocenters. The van der Waals surface area contributed by atoms with Crippen molar-refractivity contribution in [2.45, 2.75) is 51.0 Å². The molecule has 0 aliphatic rings. The minimum Gasteiger partial charge on any atom is -0.444 e. The Hall–Kier alpha value is -2.20. The Morgan fingerprint density at radius 1 is 1.23 bits per heavy atom. The molecule has 0 radical (unpaired) electrons. The van der Waals surface area contributed by atoms with Gasteiger partial charge in [0.05, 0.1) is 9.82 Å². The summed E-state index contributed by atoms with van der Waals surface area (Å²) in [6.07, 6.45) is 0.517. The molecule has 146 valence electrons. The van der Waals surface area contributed by atoms with Crippen molar-refractivity contribution >= 4 is 21.8 Å². The van der Waals surface area contributed by atoms with Crippen LogP contribution in [0.2, 0.25) is 0 Å². The van der Waals surface area contributed by atoms with Crippen molar-refractivity contribution in [3.05, 3.63) is 33.9 Å². The summed E-state index contributed by atoms with van der Waals surface area (Å²) < 4.78 is 32.1. The van der Waals surface area contributed by atoms with Crippen LogP contribution in [0, 0.1) is 17.0 Å². The number of carbonyl (C=O) groups is 1. The molecule has 26 heavy (non-hydrogen) atoms. The number of unbranched alkanes of at least 4 members (excludes halogenated alkanes) is 1. The number of benzene rings is 1. The highest BCUT2D eigenvalue weighted by Gasteiger charge is 2.20. The fraction of sp³-hybridized carbons (Fsp3) is 0.562. The Balaban J connectivity index is 2.47. The smallest absolute Gasteiger partial charge is 0.407 e. The summed E-state index contributed by atoms with van der Waals surface area (Å²) in [7, 11) is -3.84. The number of carbonyl (C=O) groups excluding carboxylic acids is 1. The molecular weight excluding hydrogens is 362 g/mol. The number of nitrogens with zero attached hydrogens (tertiary/aromatic N) is 1. The number of non-ortho nitro benzene ring substituents is 1. The molecule has 2 N–H and O–H groups in total. The molecule has 1 aromatic rings. The van der Waals surface area contributed by atoms with Crippen LogP contribution in [0.5, 0.6) is 0 Å². The van der Waals surface area contributed by atoms with Crippen LogP contribution in [0.25, 0.3) is 0 Å². The normalized spacial score (nSPS) is 11.8. The van der Waals surface area contributed by atoms with Crippen molar-refractivity contribution in [1.29, 1.82) is 0 Å². The van der Waals surface area contributed by atoms with E-state index in [1.54, 1.807) is 27.7 Å². The second kappa shape index (κ2) is 8.95. The lowest BCUT2D eigenvalue weighted by Gasteiger charge is -2.19. The fourth-order valence-corrected chi connectivity index (χ4v) is 3.37. The molecule has 0 atom stereocenters. The number of nitrogens with one attached hydrogen (secondary N) is 2. The number of rotatable bonds is 8. The van der Waals surface area contributed by atoms with Crippen LogP contribution >= 0.6 is 0 Å². The predicted molar refractivity (Wildman–Crippen MR) is 96.5 cm³/mol. The second-order valence-corrected chi connectivity index (χ2v) is 8.48. The molecule has 0 saturated carbocycles. The van der Waals surface area contributed by atoms with Gasteiger partial charge in [0.25, 0.3) is 5.69 Å². The molecule has 0 fully saturated rings. The van der Waals surface area contributed by atoms with Crippen LogP contribution < -0.4 is 10.0 Å². The Morgan fingerprint density at radius 3 is 2.42 bits per heavy atom. The first-order valence-corrected chi connectivity index (χ1v) is 9.62. The third-order valence-electron chi connectivity index (χ3n) is 3.24. The fourth-order valence-electron chi connectivity index (χ4n) is 2.03. The Bertz CT molecular complexity index is 756. The SMILES string of the molecule is Cc1ccc([N+](=O)[O-])cc1S(=O)(=O)NCCCCNC(=O)OC(C)(C)C. The zero-order chi connectivity index (χ0) is 20.0. The molecule has 0 saturated heterocycles. The monoisotopic (exact) mass is 387 g/mol. The van der Waals surface area contributed by atoms with Gasteiger partial charge >= 0.3 is 6.09 Å². The average Bonchev–Trinajstić information content (AvgIpc) is 2.48. The zero-order valence-corrected chi connectivity index (χ0v) is 16.2. The maximum absolute atomic E-state index is 12.3. The van der Waals surface area contributed by atoms with Crippen molar-refractivity contribution in [1.82, 2.24) is 10.0 Å². The molecule has 9 nitrogen and oxygen atoms in total. The molecule has 1 aromatic carbocycles. The molecule has 0 aliphatic carbocycles. The van der Waals surface area contributed by atoms with Crippen molar-refractivity contribution in [3.63, 3.8) is 0 Å². The zero-order valence-electron chi connectivity index (χ0n) is 15.4. The van der Waals surface area contributed by atoms with Gasteiger partial charge in [0.1, 0.15) is 5.60 Å². The third-order valence-corrected chi connectivity index (χ3v) is 4.84. The van der Waals surface area contributed by atoms with Crippen molar-refractivity contribution < 1.29 is 22.9 Å². The van der Waals surface area contributed by atoms with E-state index >= 15 is 0 Å². The van der Waals surface area contributed by atoms with Gasteiger partial charge in [-0.25, -0.2) is 17.9 Å². The van der Waals surface area contributed by atoms with Gasteiger partial charge in [-0.15, -0.1) is 0 Å². The maximum atomic E-state index is 12.3. The highest BCUT2D eigenvalue weighted by atomic mass is 32.2. The number of aryl methyl sites for hydroxylation is 1. The topological polar surface area (TPSA) is 128 Å². The first-order valence-electron chi connectivity index (χ1n) is 8.14. The number of ether oxygens (including phenoxy) is 1. The third kappa shape index (κ3) is 7.36. The summed E-state index contributed by atoms with van der Waals surface area (Å²) >= 11 is 0. The molecule has 0 aromatic heterocycles. The van der Waals surface area contributed by atoms with E-state index in [0.717, 1.165) is 6.07 Å². The van der Waals surface area contributed by atoms with Gasteiger partial charge in [-0.1, -0.05) is 6.07 Å². The van der Waals surface area contributed by atoms with Gasteiger partial charge in [-0.05, 0) is 46.1 Å². The van der Waals surface area contributed by atoms with E-state index in [9.17, 15) is 23.3 Å². The number of hydrogen-bond donors (Lipinski definition) is 2. The van der Waals surface area contributed by atoms with Gasteiger partial charge < -0.3 is 10.1 Å². The summed E-state index contributed by atoms with van der Waals surface area (Å²) in [4.78, 5) is 21.5. The van der Waals surface area contributed by atoms with E-state index in [0.29, 0.717) is 24.9 Å². The van der Waals surface area contributed by atoms with Crippen LogP contribution in [0.4, 0.5) is 10.5 Å². The van der Waals surface area contributed by atoms with Crippen LogP contribution in [0.1, 0.15) is 39.2 Å². The van der Waals surface area contributed by atoms with E-state index in [4.69, 9.17) is 4.74 Å². The summed E-state index contributed by atoms with van der Waals surface area (Å²) in [5.41, 5.74) is -0.428. The highest BCUT2D eigenvalue weighted by Crippen LogP contribution is 2.21. The largest absolute Gasteiger partial charge is 0.444 e. The second-order valence-electron chi connectivity index (χ2n) is 6.74. The number of hydrogen-bond acceptors (Lipinski definition) is 6. The molecular formula is C16H25N3O6S. The lowest BCUT2D eigenvalue weighted by molar-refractivity contribution is -0.385. The summed E-state index contributed by atoms with van der Waals surface area (Å²) in [5, 5.41) is 13.4. The molecule has 1 amide bonds.